The molecular weight excluding hydrogens is 150 g/mol. The third-order valence-corrected chi connectivity index (χ3v) is 2.00. The fourth-order valence-electron chi connectivity index (χ4n) is 1.17. The molecule has 0 N–H and O–H groups in total. The van der Waals surface area contributed by atoms with Crippen LogP contribution in [0.3, 0.4) is 0 Å². The zero-order chi connectivity index (χ0) is 9.23. The fourth-order valence-corrected chi connectivity index (χ4v) is 1.17. The van der Waals surface area contributed by atoms with Crippen LogP contribution in [0.1, 0.15) is 45.4 Å². The number of nitrogens with zero attached hydrogens (tertiary/aromatic N) is 1. The molecule has 71 valence electrons. The van der Waals surface area contributed by atoms with Crippen molar-refractivity contribution in [3.63, 3.8) is 0 Å². The average Bonchev–Trinajstić information content (AvgIpc) is 2.10. The van der Waals surface area contributed by atoms with E-state index in [0.717, 1.165) is 13.0 Å². The molecule has 2 heteroatoms. The molecule has 12 heavy (non-hydrogen) atoms. The van der Waals surface area contributed by atoms with E-state index in [9.17, 15) is 4.79 Å². The molecule has 0 saturated heterocycles. The summed E-state index contributed by atoms with van der Waals surface area (Å²) in [5.74, 6) is 0. The first-order chi connectivity index (χ1) is 5.81. The zero-order valence-corrected chi connectivity index (χ0v) is 8.31. The van der Waals surface area contributed by atoms with E-state index in [-0.39, 0.29) is 0 Å². The highest BCUT2D eigenvalue weighted by Gasteiger charge is 1.94. The molecule has 1 amide bonds. The molecule has 0 fully saturated rings. The maximum Gasteiger partial charge on any atom is 0.311 e. The summed E-state index contributed by atoms with van der Waals surface area (Å²) in [6.07, 6.45) is 9.49. The molecule has 0 rings (SSSR count). The van der Waals surface area contributed by atoms with Crippen molar-refractivity contribution in [3.05, 3.63) is 0 Å². The Hall–Kier alpha value is -0.530. The summed E-state index contributed by atoms with van der Waals surface area (Å²) < 4.78 is 0. The third-order valence-electron chi connectivity index (χ3n) is 2.00. The van der Waals surface area contributed by atoms with Crippen LogP contribution in [-0.2, 0) is 4.79 Å². The lowest BCUT2D eigenvalue weighted by atomic mass is 10.1. The molecule has 0 aromatic rings. The first-order valence-electron chi connectivity index (χ1n) is 4.90. The second-order valence-electron chi connectivity index (χ2n) is 3.28. The van der Waals surface area contributed by atoms with Gasteiger partial charge in [0.15, 0.2) is 0 Å². The quantitative estimate of drug-likeness (QED) is 0.404. The normalized spacial score (nSPS) is 9.83. The van der Waals surface area contributed by atoms with E-state index in [2.05, 4.69) is 6.92 Å². The first kappa shape index (κ1) is 11.5. The van der Waals surface area contributed by atoms with Crippen molar-refractivity contribution in [1.82, 2.24) is 4.90 Å². The molecule has 0 spiro atoms. The van der Waals surface area contributed by atoms with Crippen molar-refractivity contribution < 1.29 is 4.79 Å². The number of rotatable bonds is 8. The third kappa shape index (κ3) is 7.58. The van der Waals surface area contributed by atoms with Gasteiger partial charge >= 0.3 is 6.41 Å². The fraction of sp³-hybridized carbons (Fsp3) is 0.900. The summed E-state index contributed by atoms with van der Waals surface area (Å²) in [4.78, 5) is 11.7. The van der Waals surface area contributed by atoms with Crippen LogP contribution in [0.15, 0.2) is 0 Å². The molecule has 0 aliphatic carbocycles. The monoisotopic (exact) mass is 170 g/mol. The lowest BCUT2D eigenvalue weighted by Gasteiger charge is -2.07. The van der Waals surface area contributed by atoms with E-state index in [1.54, 1.807) is 11.9 Å². The lowest BCUT2D eigenvalue weighted by Crippen LogP contribution is -2.16. The maximum atomic E-state index is 10.1. The zero-order valence-electron chi connectivity index (χ0n) is 8.31. The molecule has 0 aromatic heterocycles. The minimum Gasteiger partial charge on any atom is -0.338 e. The Kier molecular flexibility index (Phi) is 8.19. The molecule has 0 aliphatic heterocycles. The van der Waals surface area contributed by atoms with E-state index in [4.69, 9.17) is 0 Å². The molecule has 0 aromatic carbocycles. The summed E-state index contributed by atoms with van der Waals surface area (Å²) in [5.41, 5.74) is 0. The molecule has 0 heterocycles. The summed E-state index contributed by atoms with van der Waals surface area (Å²) >= 11 is 0. The predicted molar refractivity (Wildman–Crippen MR) is 51.7 cm³/mol. The molecule has 1 radical (unpaired) electrons. The number of amides is 1. The molecule has 0 unspecified atom stereocenters. The Morgan fingerprint density at radius 2 is 1.67 bits per heavy atom. The highest BCUT2D eigenvalue weighted by Crippen LogP contribution is 2.04. The molecule has 0 bridgehead atoms. The van der Waals surface area contributed by atoms with Gasteiger partial charge in [0.1, 0.15) is 0 Å². The van der Waals surface area contributed by atoms with Gasteiger partial charge in [-0.15, -0.1) is 0 Å². The van der Waals surface area contributed by atoms with Gasteiger partial charge in [-0.3, -0.25) is 4.79 Å². The van der Waals surface area contributed by atoms with Gasteiger partial charge in [0.2, 0.25) is 0 Å². The summed E-state index contributed by atoms with van der Waals surface area (Å²) in [6, 6.07) is 0. The highest BCUT2D eigenvalue weighted by atomic mass is 16.1. The molecule has 0 saturated carbocycles. The average molecular weight is 170 g/mol. The van der Waals surface area contributed by atoms with Gasteiger partial charge in [0, 0.05) is 13.6 Å². The van der Waals surface area contributed by atoms with Crippen molar-refractivity contribution in [3.8, 4) is 0 Å². The van der Waals surface area contributed by atoms with Crippen LogP contribution in [0.4, 0.5) is 0 Å². The van der Waals surface area contributed by atoms with Gasteiger partial charge in [0.25, 0.3) is 0 Å². The molecule has 2 nitrogen and oxygen atoms in total. The van der Waals surface area contributed by atoms with Crippen LogP contribution >= 0.6 is 0 Å². The van der Waals surface area contributed by atoms with Crippen LogP contribution in [0.5, 0.6) is 0 Å². The van der Waals surface area contributed by atoms with Crippen molar-refractivity contribution in [1.29, 1.82) is 0 Å². The van der Waals surface area contributed by atoms with Crippen LogP contribution in [0, 0.1) is 0 Å². The highest BCUT2D eigenvalue weighted by molar-refractivity contribution is 5.47. The Morgan fingerprint density at radius 3 is 2.25 bits per heavy atom. The van der Waals surface area contributed by atoms with Crippen molar-refractivity contribution in [2.75, 3.05) is 13.6 Å². The van der Waals surface area contributed by atoms with Crippen molar-refractivity contribution >= 4 is 6.41 Å². The number of unbranched alkanes of at least 4 members (excludes halogenated alkanes) is 5. The minimum atomic E-state index is 0.857. The second-order valence-corrected chi connectivity index (χ2v) is 3.28. The smallest absolute Gasteiger partial charge is 0.311 e. The topological polar surface area (TPSA) is 20.3 Å². The Bertz CT molecular complexity index is 104. The number of hydrogen-bond donors (Lipinski definition) is 0. The Morgan fingerprint density at radius 1 is 1.08 bits per heavy atom. The van der Waals surface area contributed by atoms with Crippen LogP contribution < -0.4 is 0 Å². The van der Waals surface area contributed by atoms with Gasteiger partial charge in [0.05, 0.1) is 0 Å². The van der Waals surface area contributed by atoms with Crippen molar-refractivity contribution in [2.24, 2.45) is 0 Å². The predicted octanol–water partition coefficient (Wildman–Crippen LogP) is 2.35. The summed E-state index contributed by atoms with van der Waals surface area (Å²) in [5, 5.41) is 0. The van der Waals surface area contributed by atoms with E-state index < -0.39 is 0 Å². The lowest BCUT2D eigenvalue weighted by molar-refractivity contribution is 0.418. The minimum absolute atomic E-state index is 0.857. The van der Waals surface area contributed by atoms with Gasteiger partial charge in [-0.2, -0.15) is 0 Å². The van der Waals surface area contributed by atoms with E-state index in [0.29, 0.717) is 0 Å². The number of hydrogen-bond acceptors (Lipinski definition) is 1. The van der Waals surface area contributed by atoms with E-state index >= 15 is 0 Å². The summed E-state index contributed by atoms with van der Waals surface area (Å²) in [6.45, 7) is 3.07. The molecule has 0 aliphatic rings. The van der Waals surface area contributed by atoms with Gasteiger partial charge < -0.3 is 4.90 Å². The van der Waals surface area contributed by atoms with Gasteiger partial charge in [-0.05, 0) is 6.42 Å². The van der Waals surface area contributed by atoms with Gasteiger partial charge in [-0.25, -0.2) is 0 Å². The van der Waals surface area contributed by atoms with Crippen LogP contribution in [-0.4, -0.2) is 24.9 Å². The largest absolute Gasteiger partial charge is 0.338 e. The molecule has 0 atom stereocenters. The van der Waals surface area contributed by atoms with E-state index in [1.807, 2.05) is 6.41 Å². The SMILES string of the molecule is CCCCCCCCN(C)[C]=O. The first-order valence-corrected chi connectivity index (χ1v) is 4.90. The van der Waals surface area contributed by atoms with Crippen molar-refractivity contribution in [2.45, 2.75) is 45.4 Å². The summed E-state index contributed by atoms with van der Waals surface area (Å²) in [7, 11) is 1.78. The Balaban J connectivity index is 2.95. The number of carbonyl (C=O) groups excluding carboxylic acids is 1. The van der Waals surface area contributed by atoms with E-state index in [1.165, 1.54) is 32.1 Å². The standard InChI is InChI=1S/C10H20NO/c1-3-4-5-6-7-8-9-11(2)10-12/h3-9H2,1-2H3. The molecular formula is C10H20NO. The van der Waals surface area contributed by atoms with Gasteiger partial charge in [-0.1, -0.05) is 39.0 Å². The second kappa shape index (κ2) is 8.57. The maximum absolute atomic E-state index is 10.1. The van der Waals surface area contributed by atoms with Crippen LogP contribution in [0.25, 0.3) is 0 Å². The Labute approximate surface area is 75.9 Å². The van der Waals surface area contributed by atoms with Crippen LogP contribution in [0.2, 0.25) is 0 Å².